The summed E-state index contributed by atoms with van der Waals surface area (Å²) in [6, 6.07) is 0. The van der Waals surface area contributed by atoms with Crippen molar-refractivity contribution in [2.45, 2.75) is 13.3 Å². The van der Waals surface area contributed by atoms with Crippen molar-refractivity contribution in [1.82, 2.24) is 0 Å². The molecule has 0 aliphatic carbocycles. The number of hydrogen-bond donors (Lipinski definition) is 1. The normalized spacial score (nSPS) is 7.71. The first-order valence-electron chi connectivity index (χ1n) is 2.37. The van der Waals surface area contributed by atoms with Crippen molar-refractivity contribution in [3.63, 3.8) is 0 Å². The van der Waals surface area contributed by atoms with Crippen LogP contribution in [0.3, 0.4) is 0 Å². The Morgan fingerprint density at radius 3 is 2.57 bits per heavy atom. The number of nitrogens with two attached hydrogens (primary N) is 1. The fourth-order valence-corrected chi connectivity index (χ4v) is 0.305. The second-order valence-electron chi connectivity index (χ2n) is 1.50. The first-order chi connectivity index (χ1) is 3.31. The van der Waals surface area contributed by atoms with Crippen LogP contribution >= 0.6 is 0 Å². The van der Waals surface area contributed by atoms with Gasteiger partial charge in [0.1, 0.15) is 0 Å². The lowest BCUT2D eigenvalue weighted by Gasteiger charge is -1.87. The van der Waals surface area contributed by atoms with Gasteiger partial charge in [0.25, 0.3) is 0 Å². The highest BCUT2D eigenvalue weighted by molar-refractivity contribution is 4.93. The molecule has 0 radical (unpaired) electrons. The third kappa shape index (κ3) is 3.31. The van der Waals surface area contributed by atoms with E-state index in [1.165, 1.54) is 0 Å². The van der Waals surface area contributed by atoms with E-state index in [9.17, 15) is 0 Å². The molecule has 0 aromatic heterocycles. The van der Waals surface area contributed by atoms with E-state index < -0.39 is 0 Å². The molecule has 0 fully saturated rings. The molecule has 0 atom stereocenters. The van der Waals surface area contributed by atoms with Gasteiger partial charge in [0.05, 0.1) is 0 Å². The van der Waals surface area contributed by atoms with Crippen LogP contribution < -0.4 is 5.73 Å². The molecule has 40 valence electrons. The molecule has 0 heterocycles. The smallest absolute Gasteiger partial charge is 0.00339 e. The summed E-state index contributed by atoms with van der Waals surface area (Å²) in [5.74, 6) is 0. The zero-order chi connectivity index (χ0) is 5.70. The minimum atomic E-state index is 0.703. The van der Waals surface area contributed by atoms with Crippen LogP contribution in [-0.4, -0.2) is 6.54 Å². The Bertz CT molecular complexity index is 88.4. The van der Waals surface area contributed by atoms with Gasteiger partial charge in [0.2, 0.25) is 0 Å². The maximum atomic E-state index is 5.22. The molecule has 0 aliphatic rings. The zero-order valence-electron chi connectivity index (χ0n) is 4.70. The van der Waals surface area contributed by atoms with E-state index in [-0.39, 0.29) is 0 Å². The first-order valence-corrected chi connectivity index (χ1v) is 2.37. The second-order valence-corrected chi connectivity index (χ2v) is 1.50. The van der Waals surface area contributed by atoms with Crippen LogP contribution in [0.15, 0.2) is 17.9 Å². The molecule has 0 spiro atoms. The molecule has 2 N–H and O–H groups in total. The van der Waals surface area contributed by atoms with Crippen LogP contribution in [0.5, 0.6) is 0 Å². The fraction of sp³-hybridized carbons (Fsp3) is 0.500. The number of hydrogen-bond acceptors (Lipinski definition) is 1. The Morgan fingerprint density at radius 2 is 2.43 bits per heavy atom. The molecule has 0 saturated heterocycles. The maximum absolute atomic E-state index is 5.22. The van der Waals surface area contributed by atoms with Crippen molar-refractivity contribution in [2.75, 3.05) is 6.54 Å². The van der Waals surface area contributed by atoms with Gasteiger partial charge in [0.15, 0.2) is 0 Å². The Morgan fingerprint density at radius 1 is 1.86 bits per heavy atom. The Labute approximate surface area is 44.5 Å². The van der Waals surface area contributed by atoms with Gasteiger partial charge in [-0.1, -0.05) is 6.58 Å². The summed E-state index contributed by atoms with van der Waals surface area (Å²) < 4.78 is 0. The summed E-state index contributed by atoms with van der Waals surface area (Å²) in [7, 11) is 0. The molecule has 0 aromatic rings. The Kier molecular flexibility index (Phi) is 3.39. The van der Waals surface area contributed by atoms with Gasteiger partial charge in [-0.15, -0.1) is 5.73 Å². The van der Waals surface area contributed by atoms with Gasteiger partial charge in [-0.3, -0.25) is 0 Å². The monoisotopic (exact) mass is 97.1 g/mol. The maximum Gasteiger partial charge on any atom is -0.00339 e. The molecule has 0 aliphatic heterocycles. The predicted octanol–water partition coefficient (Wildman–Crippen LogP) is 1.07. The minimum Gasteiger partial charge on any atom is -0.330 e. The molecule has 0 unspecified atom stereocenters. The van der Waals surface area contributed by atoms with Crippen molar-refractivity contribution in [3.8, 4) is 0 Å². The van der Waals surface area contributed by atoms with Crippen LogP contribution in [0.25, 0.3) is 0 Å². The highest BCUT2D eigenvalue weighted by atomic mass is 14.5. The number of rotatable bonds is 2. The third-order valence-corrected chi connectivity index (χ3v) is 0.821. The summed E-state index contributed by atoms with van der Waals surface area (Å²) in [6.45, 7) is 6.14. The van der Waals surface area contributed by atoms with Crippen molar-refractivity contribution in [3.05, 3.63) is 17.9 Å². The van der Waals surface area contributed by atoms with E-state index in [1.54, 1.807) is 0 Å². The van der Waals surface area contributed by atoms with E-state index in [1.807, 2.05) is 6.92 Å². The van der Waals surface area contributed by atoms with Crippen molar-refractivity contribution in [2.24, 2.45) is 5.73 Å². The van der Waals surface area contributed by atoms with Crippen LogP contribution in [0.2, 0.25) is 0 Å². The average Bonchev–Trinajstić information content (AvgIpc) is 1.68. The van der Waals surface area contributed by atoms with Crippen molar-refractivity contribution < 1.29 is 0 Å². The summed E-state index contributed by atoms with van der Waals surface area (Å²) in [4.78, 5) is 0. The molecular weight excluding hydrogens is 86.1 g/mol. The van der Waals surface area contributed by atoms with Crippen molar-refractivity contribution in [1.29, 1.82) is 0 Å². The molecule has 0 saturated carbocycles. The van der Waals surface area contributed by atoms with Gasteiger partial charge < -0.3 is 5.73 Å². The molecule has 0 amide bonds. The minimum absolute atomic E-state index is 0.703. The fourth-order valence-electron chi connectivity index (χ4n) is 0.305. The highest BCUT2D eigenvalue weighted by Crippen LogP contribution is 1.91. The van der Waals surface area contributed by atoms with Crippen LogP contribution in [0.4, 0.5) is 0 Å². The summed E-state index contributed by atoms with van der Waals surface area (Å²) in [6.07, 6.45) is 0.920. The summed E-state index contributed by atoms with van der Waals surface area (Å²) in [5, 5.41) is 0. The van der Waals surface area contributed by atoms with E-state index in [0.717, 1.165) is 12.0 Å². The van der Waals surface area contributed by atoms with Crippen LogP contribution in [-0.2, 0) is 0 Å². The molecule has 0 bridgehead atoms. The Balaban J connectivity index is 3.37. The molecular formula is C6H11N. The van der Waals surface area contributed by atoms with Gasteiger partial charge >= 0.3 is 0 Å². The standard InChI is InChI=1S/C6H11N/c1-3-6(2)4-5-7/h1,4-5,7H2,2H3. The lowest BCUT2D eigenvalue weighted by Crippen LogP contribution is -1.97. The van der Waals surface area contributed by atoms with E-state index in [4.69, 9.17) is 5.73 Å². The molecule has 1 heteroatoms. The quantitative estimate of drug-likeness (QED) is 0.512. The van der Waals surface area contributed by atoms with E-state index >= 15 is 0 Å². The van der Waals surface area contributed by atoms with Crippen LogP contribution in [0, 0.1) is 0 Å². The van der Waals surface area contributed by atoms with Crippen LogP contribution in [0.1, 0.15) is 13.3 Å². The van der Waals surface area contributed by atoms with Gasteiger partial charge in [-0.05, 0) is 25.5 Å². The van der Waals surface area contributed by atoms with Crippen molar-refractivity contribution >= 4 is 0 Å². The van der Waals surface area contributed by atoms with Gasteiger partial charge in [0, 0.05) is 0 Å². The highest BCUT2D eigenvalue weighted by Gasteiger charge is 1.79. The lowest BCUT2D eigenvalue weighted by molar-refractivity contribution is 0.953. The Hall–Kier alpha value is -0.520. The molecule has 1 nitrogen and oxygen atoms in total. The average molecular weight is 97.2 g/mol. The van der Waals surface area contributed by atoms with E-state index in [2.05, 4.69) is 12.3 Å². The summed E-state index contributed by atoms with van der Waals surface area (Å²) >= 11 is 0. The topological polar surface area (TPSA) is 26.0 Å². The second kappa shape index (κ2) is 3.66. The third-order valence-electron chi connectivity index (χ3n) is 0.821. The predicted molar refractivity (Wildman–Crippen MR) is 32.0 cm³/mol. The molecule has 0 rings (SSSR count). The first kappa shape index (κ1) is 6.48. The summed E-state index contributed by atoms with van der Waals surface area (Å²) in [5.41, 5.74) is 9.11. The van der Waals surface area contributed by atoms with Gasteiger partial charge in [-0.25, -0.2) is 0 Å². The lowest BCUT2D eigenvalue weighted by atomic mass is 10.2. The zero-order valence-corrected chi connectivity index (χ0v) is 4.70. The molecule has 0 aromatic carbocycles. The largest absolute Gasteiger partial charge is 0.330 e. The molecule has 7 heavy (non-hydrogen) atoms. The van der Waals surface area contributed by atoms with E-state index in [0.29, 0.717) is 6.54 Å². The van der Waals surface area contributed by atoms with Gasteiger partial charge in [-0.2, -0.15) is 0 Å². The SMILES string of the molecule is C=C=C(C)CCN.